The Bertz CT molecular complexity index is 781. The summed E-state index contributed by atoms with van der Waals surface area (Å²) in [6, 6.07) is 8.37. The van der Waals surface area contributed by atoms with Crippen LogP contribution in [0.3, 0.4) is 0 Å². The monoisotopic (exact) mass is 462 g/mol. The lowest BCUT2D eigenvalue weighted by Gasteiger charge is -2.58. The second-order valence-corrected chi connectivity index (χ2v) is 7.65. The van der Waals surface area contributed by atoms with E-state index in [4.69, 9.17) is 4.65 Å². The molecule has 3 unspecified atom stereocenters. The van der Waals surface area contributed by atoms with Gasteiger partial charge in [0.2, 0.25) is 0 Å². The minimum Gasteiger partial charge on any atom is -0.393 e. The highest BCUT2D eigenvalue weighted by atomic mass is 19.4. The zero-order valence-corrected chi connectivity index (χ0v) is 15.9. The van der Waals surface area contributed by atoms with Gasteiger partial charge in [0.05, 0.1) is 0 Å². The van der Waals surface area contributed by atoms with Gasteiger partial charge in [-0.15, -0.1) is 0 Å². The molecule has 3 atom stereocenters. The predicted molar refractivity (Wildman–Crippen MR) is 89.6 cm³/mol. The number of hydrogen-bond donors (Lipinski definition) is 0. The number of benzene rings is 1. The average molecular weight is 462 g/mol. The Balaban J connectivity index is 2.01. The molecule has 1 aromatic carbocycles. The molecule has 0 spiro atoms. The van der Waals surface area contributed by atoms with Crippen LogP contribution in [0.4, 0.5) is 39.5 Å². The van der Waals surface area contributed by atoms with Gasteiger partial charge in [-0.25, -0.2) is 0 Å². The van der Waals surface area contributed by atoms with Crippen molar-refractivity contribution in [2.45, 2.75) is 61.7 Å². The standard InChI is InChI=1S/C18H16BF9O3/c1-13(16(20,21)22)10-14(17(23,24)25)11-15(29-13,18(26,27)28)31-19(30-14)9-5-8-12-6-3-2-4-7-12/h2-7,9H,8,10-11H2,1H3/b9-5+. The van der Waals surface area contributed by atoms with Crippen molar-refractivity contribution in [2.24, 2.45) is 0 Å². The number of rotatable bonds is 3. The van der Waals surface area contributed by atoms with Crippen LogP contribution in [0.2, 0.25) is 0 Å². The second-order valence-electron chi connectivity index (χ2n) is 7.65. The number of allylic oxidation sites excluding steroid dienone is 1. The highest BCUT2D eigenvalue weighted by Crippen LogP contribution is 2.61. The van der Waals surface area contributed by atoms with Gasteiger partial charge in [0.15, 0.2) is 11.2 Å². The smallest absolute Gasteiger partial charge is 0.393 e. The Labute approximate surface area is 171 Å². The van der Waals surface area contributed by atoms with Crippen molar-refractivity contribution >= 4 is 7.12 Å². The quantitative estimate of drug-likeness (QED) is 0.436. The summed E-state index contributed by atoms with van der Waals surface area (Å²) in [6.45, 7) is 0.116. The third-order valence-corrected chi connectivity index (χ3v) is 5.22. The van der Waals surface area contributed by atoms with E-state index in [2.05, 4.69) is 9.39 Å². The zero-order chi connectivity index (χ0) is 23.3. The fourth-order valence-corrected chi connectivity index (χ4v) is 3.66. The third-order valence-electron chi connectivity index (χ3n) is 5.22. The Morgan fingerprint density at radius 3 is 2.00 bits per heavy atom. The first-order chi connectivity index (χ1) is 14.0. The van der Waals surface area contributed by atoms with Gasteiger partial charge in [-0.2, -0.15) is 39.5 Å². The van der Waals surface area contributed by atoms with Gasteiger partial charge in [0.25, 0.3) is 5.79 Å². The first kappa shape index (κ1) is 23.9. The molecular weight excluding hydrogens is 446 g/mol. The van der Waals surface area contributed by atoms with E-state index in [1.54, 1.807) is 30.3 Å². The molecule has 2 saturated heterocycles. The maximum absolute atomic E-state index is 13.9. The Morgan fingerprint density at radius 1 is 0.871 bits per heavy atom. The van der Waals surface area contributed by atoms with Crippen LogP contribution in [0.15, 0.2) is 42.4 Å². The van der Waals surface area contributed by atoms with Gasteiger partial charge >= 0.3 is 25.6 Å². The Kier molecular flexibility index (Phi) is 5.72. The van der Waals surface area contributed by atoms with E-state index < -0.39 is 55.5 Å². The first-order valence-corrected chi connectivity index (χ1v) is 8.99. The fourth-order valence-electron chi connectivity index (χ4n) is 3.66. The van der Waals surface area contributed by atoms with Crippen molar-refractivity contribution in [3.05, 3.63) is 47.9 Å². The van der Waals surface area contributed by atoms with Crippen LogP contribution < -0.4 is 0 Å². The maximum Gasteiger partial charge on any atom is 0.488 e. The molecule has 13 heteroatoms. The van der Waals surface area contributed by atoms with E-state index in [1.807, 2.05) is 0 Å². The minimum absolute atomic E-state index is 0.114. The molecule has 2 aliphatic heterocycles. The average Bonchev–Trinajstić information content (AvgIpc) is 2.59. The van der Waals surface area contributed by atoms with Gasteiger partial charge < -0.3 is 14.0 Å². The minimum atomic E-state index is -5.70. The summed E-state index contributed by atoms with van der Waals surface area (Å²) in [7, 11) is -2.24. The van der Waals surface area contributed by atoms with Gasteiger partial charge in [0.1, 0.15) is 0 Å². The van der Waals surface area contributed by atoms with E-state index in [-0.39, 0.29) is 13.3 Å². The van der Waals surface area contributed by atoms with Crippen molar-refractivity contribution in [3.8, 4) is 0 Å². The summed E-state index contributed by atoms with van der Waals surface area (Å²) in [5, 5.41) is 0. The summed E-state index contributed by atoms with van der Waals surface area (Å²) in [5.74, 6) is -3.36. The van der Waals surface area contributed by atoms with Crippen molar-refractivity contribution < 1.29 is 53.6 Å². The predicted octanol–water partition coefficient (Wildman–Crippen LogP) is 5.55. The molecule has 0 amide bonds. The molecule has 3 nitrogen and oxygen atoms in total. The molecule has 2 bridgehead atoms. The summed E-state index contributed by atoms with van der Waals surface area (Å²) >= 11 is 0. The van der Waals surface area contributed by atoms with Crippen LogP contribution in [-0.4, -0.2) is 42.6 Å². The SMILES string of the molecule is CC1(C(F)(F)F)CC2(C(F)(F)F)CC(C(F)(F)F)(OB(/C=C/Cc3ccccc3)O2)O1. The number of fused-ring (bicyclic) bond motifs is 2. The number of halogens is 9. The van der Waals surface area contributed by atoms with Crippen LogP contribution in [0.5, 0.6) is 0 Å². The van der Waals surface area contributed by atoms with Crippen LogP contribution in [0, 0.1) is 0 Å². The van der Waals surface area contributed by atoms with Crippen molar-refractivity contribution in [3.63, 3.8) is 0 Å². The molecule has 2 fully saturated rings. The summed E-state index contributed by atoms with van der Waals surface area (Å²) in [5.41, 5.74) is -6.91. The summed E-state index contributed by atoms with van der Waals surface area (Å²) < 4.78 is 137. The van der Waals surface area contributed by atoms with Gasteiger partial charge in [-0.1, -0.05) is 42.4 Å². The van der Waals surface area contributed by atoms with Crippen molar-refractivity contribution in [1.82, 2.24) is 0 Å². The Hall–Kier alpha value is -1.73. The highest BCUT2D eigenvalue weighted by molar-refractivity contribution is 6.51. The normalized spacial score (nSPS) is 32.5. The van der Waals surface area contributed by atoms with E-state index in [9.17, 15) is 39.5 Å². The maximum atomic E-state index is 13.9. The number of alkyl halides is 9. The van der Waals surface area contributed by atoms with Crippen LogP contribution in [0.1, 0.15) is 25.3 Å². The van der Waals surface area contributed by atoms with Crippen molar-refractivity contribution in [2.75, 3.05) is 0 Å². The lowest BCUT2D eigenvalue weighted by atomic mass is 9.72. The lowest BCUT2D eigenvalue weighted by Crippen LogP contribution is -2.76. The fraction of sp³-hybridized carbons (Fsp3) is 0.556. The molecular formula is C18H16BF9O3. The lowest BCUT2D eigenvalue weighted by molar-refractivity contribution is -0.477. The molecule has 31 heavy (non-hydrogen) atoms. The molecule has 0 N–H and O–H groups in total. The molecule has 0 aliphatic carbocycles. The zero-order valence-electron chi connectivity index (χ0n) is 15.9. The van der Waals surface area contributed by atoms with Gasteiger partial charge in [-0.05, 0) is 18.9 Å². The van der Waals surface area contributed by atoms with Crippen LogP contribution >= 0.6 is 0 Å². The topological polar surface area (TPSA) is 27.7 Å². The van der Waals surface area contributed by atoms with E-state index in [0.717, 1.165) is 5.98 Å². The molecule has 2 aliphatic rings. The number of ether oxygens (including phenoxy) is 1. The highest BCUT2D eigenvalue weighted by Gasteiger charge is 2.80. The summed E-state index contributed by atoms with van der Waals surface area (Å²) in [4.78, 5) is 0. The largest absolute Gasteiger partial charge is 0.488 e. The first-order valence-electron chi connectivity index (χ1n) is 8.99. The summed E-state index contributed by atoms with van der Waals surface area (Å²) in [6.07, 6.45) is -19.4. The number of hydrogen-bond acceptors (Lipinski definition) is 3. The van der Waals surface area contributed by atoms with Gasteiger partial charge in [0, 0.05) is 12.8 Å². The van der Waals surface area contributed by atoms with Crippen molar-refractivity contribution in [1.29, 1.82) is 0 Å². The Morgan fingerprint density at radius 2 is 1.48 bits per heavy atom. The van der Waals surface area contributed by atoms with E-state index in [0.29, 0.717) is 5.56 Å². The third kappa shape index (κ3) is 4.31. The van der Waals surface area contributed by atoms with Crippen LogP contribution in [0.25, 0.3) is 0 Å². The molecule has 3 rings (SSSR count). The van der Waals surface area contributed by atoms with Crippen LogP contribution in [-0.2, 0) is 20.5 Å². The van der Waals surface area contributed by atoms with E-state index >= 15 is 0 Å². The molecule has 1 aromatic rings. The molecule has 172 valence electrons. The van der Waals surface area contributed by atoms with E-state index in [1.165, 1.54) is 6.08 Å². The molecule has 0 radical (unpaired) electrons. The molecule has 0 saturated carbocycles. The molecule has 2 heterocycles. The van der Waals surface area contributed by atoms with Gasteiger partial charge in [-0.3, -0.25) is 0 Å². The second kappa shape index (κ2) is 7.41. The molecule has 0 aromatic heterocycles.